The second kappa shape index (κ2) is 20.7. The highest BCUT2D eigenvalue weighted by Gasteiger charge is 2.12. The summed E-state index contributed by atoms with van der Waals surface area (Å²) in [5.74, 6) is 0.548. The summed E-state index contributed by atoms with van der Waals surface area (Å²) >= 11 is 6.39. The van der Waals surface area contributed by atoms with E-state index in [1.54, 1.807) is 12.1 Å². The molecule has 1 aromatic heterocycles. The number of nitrogens with zero attached hydrogens (tertiary/aromatic N) is 1. The van der Waals surface area contributed by atoms with E-state index in [1.807, 2.05) is 24.4 Å². The minimum absolute atomic E-state index is 0. The van der Waals surface area contributed by atoms with Crippen LogP contribution in [0.25, 0.3) is 0 Å². The number of amides is 1. The van der Waals surface area contributed by atoms with E-state index in [2.05, 4.69) is 29.9 Å². The van der Waals surface area contributed by atoms with Crippen molar-refractivity contribution in [1.29, 1.82) is 0 Å². The lowest BCUT2D eigenvalue weighted by Gasteiger charge is -2.10. The molecule has 0 bridgehead atoms. The number of unbranched alkanes of at least 4 members (excludes halogenated alkanes) is 11. The molecule has 0 atom stereocenters. The summed E-state index contributed by atoms with van der Waals surface area (Å²) in [6.07, 6.45) is 21.1. The lowest BCUT2D eigenvalue weighted by Crippen LogP contribution is -3.00. The quantitative estimate of drug-likeness (QED) is 0.134. The van der Waals surface area contributed by atoms with Crippen LogP contribution < -0.4 is 38.6 Å². The van der Waals surface area contributed by atoms with Crippen molar-refractivity contribution < 1.29 is 38.1 Å². The van der Waals surface area contributed by atoms with Gasteiger partial charge in [0.05, 0.1) is 17.2 Å². The molecule has 0 spiro atoms. The number of aryl methyl sites for hydroxylation is 1. The standard InChI is InChI=1S/C30H45ClN2O2.HI/c1-3-5-6-7-8-9-10-11-12-13-14-15-22-35-27-18-19-28(29(31)23-27)30(34)32-24-26-17-16-21-33(25-26)20-4-2;/h16-19,21,23,25H,3-15,20,22,24H2,1-2H3;1H. The summed E-state index contributed by atoms with van der Waals surface area (Å²) in [6, 6.07) is 9.35. The van der Waals surface area contributed by atoms with Gasteiger partial charge >= 0.3 is 0 Å². The van der Waals surface area contributed by atoms with Gasteiger partial charge in [0.25, 0.3) is 5.91 Å². The van der Waals surface area contributed by atoms with Gasteiger partial charge in [-0.05, 0) is 30.7 Å². The summed E-state index contributed by atoms with van der Waals surface area (Å²) < 4.78 is 8.00. The van der Waals surface area contributed by atoms with Gasteiger partial charge in [0.15, 0.2) is 12.4 Å². The van der Waals surface area contributed by atoms with Gasteiger partial charge in [-0.2, -0.15) is 0 Å². The molecule has 0 fully saturated rings. The van der Waals surface area contributed by atoms with E-state index in [0.29, 0.717) is 23.7 Å². The Morgan fingerprint density at radius 2 is 1.53 bits per heavy atom. The Hall–Kier alpha value is -1.34. The van der Waals surface area contributed by atoms with Crippen LogP contribution in [-0.2, 0) is 13.1 Å². The fourth-order valence-corrected chi connectivity index (χ4v) is 4.51. The zero-order chi connectivity index (χ0) is 25.1. The second-order valence-corrected chi connectivity index (χ2v) is 9.92. The van der Waals surface area contributed by atoms with Crippen LogP contribution in [0.3, 0.4) is 0 Å². The van der Waals surface area contributed by atoms with Crippen LogP contribution in [0.1, 0.15) is 113 Å². The smallest absolute Gasteiger partial charge is 0.253 e. The Morgan fingerprint density at radius 1 is 0.889 bits per heavy atom. The summed E-state index contributed by atoms with van der Waals surface area (Å²) in [7, 11) is 0. The van der Waals surface area contributed by atoms with E-state index in [9.17, 15) is 4.79 Å². The van der Waals surface area contributed by atoms with E-state index < -0.39 is 0 Å². The van der Waals surface area contributed by atoms with Gasteiger partial charge in [-0.3, -0.25) is 4.79 Å². The highest BCUT2D eigenvalue weighted by molar-refractivity contribution is 6.34. The van der Waals surface area contributed by atoms with Gasteiger partial charge in [-0.15, -0.1) is 0 Å². The normalized spacial score (nSPS) is 10.6. The molecule has 1 N–H and O–H groups in total. The molecule has 2 aromatic rings. The van der Waals surface area contributed by atoms with E-state index in [0.717, 1.165) is 30.7 Å². The molecule has 0 saturated heterocycles. The summed E-state index contributed by atoms with van der Waals surface area (Å²) in [6.45, 7) is 6.54. The zero-order valence-corrected chi connectivity index (χ0v) is 25.3. The van der Waals surface area contributed by atoms with Crippen LogP contribution >= 0.6 is 11.6 Å². The maximum Gasteiger partial charge on any atom is 0.253 e. The molecule has 0 aliphatic heterocycles. The van der Waals surface area contributed by atoms with Crippen molar-refractivity contribution in [2.24, 2.45) is 0 Å². The fraction of sp³-hybridized carbons (Fsp3) is 0.600. The molecule has 2 rings (SSSR count). The van der Waals surface area contributed by atoms with Crippen molar-refractivity contribution in [3.63, 3.8) is 0 Å². The molecule has 0 radical (unpaired) electrons. The van der Waals surface area contributed by atoms with Crippen molar-refractivity contribution in [2.75, 3.05) is 6.61 Å². The Bertz CT molecular complexity index is 863. The Morgan fingerprint density at radius 3 is 2.14 bits per heavy atom. The predicted octanol–water partition coefficient (Wildman–Crippen LogP) is 5.05. The van der Waals surface area contributed by atoms with Crippen LogP contribution in [0.4, 0.5) is 0 Å². The van der Waals surface area contributed by atoms with Gasteiger partial charge in [0.1, 0.15) is 12.3 Å². The lowest BCUT2D eigenvalue weighted by molar-refractivity contribution is -0.697. The second-order valence-electron chi connectivity index (χ2n) is 9.51. The minimum atomic E-state index is -0.173. The zero-order valence-electron chi connectivity index (χ0n) is 22.4. The van der Waals surface area contributed by atoms with Crippen LogP contribution in [0.5, 0.6) is 5.75 Å². The van der Waals surface area contributed by atoms with E-state index in [-0.39, 0.29) is 29.9 Å². The van der Waals surface area contributed by atoms with Gasteiger partial charge in [-0.25, -0.2) is 4.57 Å². The topological polar surface area (TPSA) is 42.2 Å². The number of hydrogen-bond acceptors (Lipinski definition) is 2. The highest BCUT2D eigenvalue weighted by Crippen LogP contribution is 2.23. The minimum Gasteiger partial charge on any atom is -1.00 e. The monoisotopic (exact) mass is 628 g/mol. The average Bonchev–Trinajstić information content (AvgIpc) is 2.86. The number of ether oxygens (including phenoxy) is 1. The van der Waals surface area contributed by atoms with Gasteiger partial charge in [-0.1, -0.05) is 96.1 Å². The highest BCUT2D eigenvalue weighted by atomic mass is 127. The number of halogens is 2. The Labute approximate surface area is 241 Å². The first kappa shape index (κ1) is 32.7. The van der Waals surface area contributed by atoms with E-state index >= 15 is 0 Å². The van der Waals surface area contributed by atoms with Crippen molar-refractivity contribution in [3.8, 4) is 5.75 Å². The van der Waals surface area contributed by atoms with Gasteiger partial charge < -0.3 is 34.0 Å². The molecule has 1 heterocycles. The summed E-state index contributed by atoms with van der Waals surface area (Å²) in [5, 5.41) is 3.38. The molecular formula is C30H46ClIN2O2. The number of pyridine rings is 1. The Kier molecular flexibility index (Phi) is 18.8. The van der Waals surface area contributed by atoms with Gasteiger partial charge in [0.2, 0.25) is 0 Å². The summed E-state index contributed by atoms with van der Waals surface area (Å²) in [5.41, 5.74) is 1.54. The third-order valence-electron chi connectivity index (χ3n) is 6.31. The molecule has 0 aliphatic carbocycles. The van der Waals surface area contributed by atoms with E-state index in [4.69, 9.17) is 16.3 Å². The number of carbonyl (C=O) groups excluding carboxylic acids is 1. The molecule has 1 amide bonds. The fourth-order valence-electron chi connectivity index (χ4n) is 4.26. The maximum atomic E-state index is 12.6. The first-order valence-corrected chi connectivity index (χ1v) is 14.2. The average molecular weight is 629 g/mol. The van der Waals surface area contributed by atoms with Crippen molar-refractivity contribution in [1.82, 2.24) is 5.32 Å². The van der Waals surface area contributed by atoms with E-state index in [1.165, 1.54) is 70.6 Å². The summed E-state index contributed by atoms with van der Waals surface area (Å²) in [4.78, 5) is 12.6. The first-order valence-electron chi connectivity index (χ1n) is 13.8. The van der Waals surface area contributed by atoms with Crippen LogP contribution in [0.2, 0.25) is 5.02 Å². The van der Waals surface area contributed by atoms with Crippen LogP contribution in [-0.4, -0.2) is 12.5 Å². The van der Waals surface area contributed by atoms with Crippen molar-refractivity contribution in [3.05, 3.63) is 58.9 Å². The van der Waals surface area contributed by atoms with Crippen LogP contribution in [0, 0.1) is 0 Å². The number of benzene rings is 1. The van der Waals surface area contributed by atoms with Gasteiger partial charge in [0, 0.05) is 24.6 Å². The molecule has 36 heavy (non-hydrogen) atoms. The lowest BCUT2D eigenvalue weighted by atomic mass is 10.1. The molecule has 0 unspecified atom stereocenters. The number of hydrogen-bond donors (Lipinski definition) is 1. The maximum absolute atomic E-state index is 12.6. The first-order chi connectivity index (χ1) is 17.1. The third-order valence-corrected chi connectivity index (χ3v) is 6.62. The molecule has 6 heteroatoms. The van der Waals surface area contributed by atoms with Crippen molar-refractivity contribution >= 4 is 17.5 Å². The number of rotatable bonds is 19. The molecule has 1 aromatic carbocycles. The van der Waals surface area contributed by atoms with Crippen molar-refractivity contribution in [2.45, 2.75) is 110 Å². The van der Waals surface area contributed by atoms with Crippen LogP contribution in [0.15, 0.2) is 42.7 Å². The SMILES string of the molecule is CCCCCCCCCCCCCCOc1ccc(C(=O)NCc2ccc[n+](CCC)c2)c(Cl)c1.[I-]. The molecule has 4 nitrogen and oxygen atoms in total. The predicted molar refractivity (Wildman–Crippen MR) is 146 cm³/mol. The Balaban J connectivity index is 0.00000648. The third kappa shape index (κ3) is 13.8. The molecule has 0 aliphatic rings. The number of aromatic nitrogens is 1. The molecular weight excluding hydrogens is 583 g/mol. The number of nitrogens with one attached hydrogen (secondary N) is 1. The number of carbonyl (C=O) groups is 1. The molecule has 0 saturated carbocycles. The molecule has 202 valence electrons. The largest absolute Gasteiger partial charge is 1.00 e.